The highest BCUT2D eigenvalue weighted by Gasteiger charge is 2.16. The van der Waals surface area contributed by atoms with Gasteiger partial charge in [0.25, 0.3) is 0 Å². The summed E-state index contributed by atoms with van der Waals surface area (Å²) in [6.45, 7) is 2.42. The van der Waals surface area contributed by atoms with E-state index in [-0.39, 0.29) is 6.10 Å². The Labute approximate surface area is 174 Å². The zero-order chi connectivity index (χ0) is 20.3. The molecule has 1 atom stereocenters. The molecular formula is C23H22N6O. The van der Waals surface area contributed by atoms with Crippen molar-refractivity contribution >= 4 is 28.9 Å². The molecule has 0 amide bonds. The molecule has 1 saturated heterocycles. The van der Waals surface area contributed by atoms with Gasteiger partial charge in [0.15, 0.2) is 0 Å². The Bertz CT molecular complexity index is 1190. The summed E-state index contributed by atoms with van der Waals surface area (Å²) in [5, 5.41) is 12.0. The molecule has 0 aliphatic carbocycles. The summed E-state index contributed by atoms with van der Waals surface area (Å²) in [5.74, 6) is 0.506. The number of rotatable bonds is 4. The minimum Gasteiger partial charge on any atom is -0.384 e. The Kier molecular flexibility index (Phi) is 4.96. The number of aromatic nitrogens is 4. The monoisotopic (exact) mass is 398 g/mol. The highest BCUT2D eigenvalue weighted by atomic mass is 16.5. The molecule has 0 spiro atoms. The Morgan fingerprint density at radius 1 is 1.03 bits per heavy atom. The van der Waals surface area contributed by atoms with E-state index in [2.05, 4.69) is 49.7 Å². The predicted octanol–water partition coefficient (Wildman–Crippen LogP) is 3.43. The molecule has 1 fully saturated rings. The van der Waals surface area contributed by atoms with Crippen LogP contribution in [0.5, 0.6) is 0 Å². The zero-order valence-electron chi connectivity index (χ0n) is 16.4. The quantitative estimate of drug-likeness (QED) is 0.487. The smallest absolute Gasteiger partial charge is 0.123 e. The van der Waals surface area contributed by atoms with Gasteiger partial charge in [-0.25, -0.2) is 4.98 Å². The van der Waals surface area contributed by atoms with Crippen molar-refractivity contribution in [2.24, 2.45) is 0 Å². The first kappa shape index (κ1) is 18.5. The number of H-pyrrole nitrogens is 1. The molecule has 7 heteroatoms. The molecule has 5 rings (SSSR count). The van der Waals surface area contributed by atoms with Gasteiger partial charge in [0.05, 0.1) is 23.5 Å². The molecule has 4 aromatic rings. The third-order valence-corrected chi connectivity index (χ3v) is 5.21. The first-order chi connectivity index (χ1) is 14.8. The molecule has 4 heterocycles. The van der Waals surface area contributed by atoms with Gasteiger partial charge in [-0.05, 0) is 53.1 Å². The summed E-state index contributed by atoms with van der Waals surface area (Å²) >= 11 is 0. The molecule has 0 saturated carbocycles. The molecule has 1 aliphatic rings. The normalized spacial score (nSPS) is 17.0. The summed E-state index contributed by atoms with van der Waals surface area (Å²) in [4.78, 5) is 8.61. The number of nitrogen functional groups attached to an aromatic ring is 1. The van der Waals surface area contributed by atoms with Gasteiger partial charge >= 0.3 is 0 Å². The second-order valence-electron chi connectivity index (χ2n) is 7.25. The van der Waals surface area contributed by atoms with E-state index in [4.69, 9.17) is 10.5 Å². The van der Waals surface area contributed by atoms with Crippen LogP contribution in [0.2, 0.25) is 0 Å². The van der Waals surface area contributed by atoms with Crippen molar-refractivity contribution in [1.82, 2.24) is 25.5 Å². The molecule has 1 unspecified atom stereocenters. The van der Waals surface area contributed by atoms with Crippen LogP contribution in [0.3, 0.4) is 0 Å². The fourth-order valence-corrected chi connectivity index (χ4v) is 3.61. The van der Waals surface area contributed by atoms with Crippen LogP contribution in [0.1, 0.15) is 23.1 Å². The van der Waals surface area contributed by atoms with Crippen molar-refractivity contribution in [2.75, 3.05) is 25.4 Å². The maximum Gasteiger partial charge on any atom is 0.123 e. The van der Waals surface area contributed by atoms with Crippen LogP contribution < -0.4 is 11.1 Å². The lowest BCUT2D eigenvalue weighted by molar-refractivity contribution is 0.0250. The van der Waals surface area contributed by atoms with Gasteiger partial charge < -0.3 is 15.8 Å². The number of aromatic amines is 1. The number of pyridine rings is 2. The van der Waals surface area contributed by atoms with E-state index in [9.17, 15) is 0 Å². The van der Waals surface area contributed by atoms with Crippen molar-refractivity contribution in [3.05, 3.63) is 71.8 Å². The number of benzene rings is 1. The third kappa shape index (κ3) is 3.80. The van der Waals surface area contributed by atoms with Crippen LogP contribution in [-0.4, -0.2) is 39.9 Å². The zero-order valence-corrected chi connectivity index (χ0v) is 16.4. The first-order valence-electron chi connectivity index (χ1n) is 9.93. The number of morpholine rings is 1. The van der Waals surface area contributed by atoms with Gasteiger partial charge in [-0.1, -0.05) is 18.2 Å². The van der Waals surface area contributed by atoms with Gasteiger partial charge in [-0.15, -0.1) is 0 Å². The van der Waals surface area contributed by atoms with Crippen LogP contribution >= 0.6 is 0 Å². The molecule has 1 aliphatic heterocycles. The number of hydrogen-bond donors (Lipinski definition) is 3. The van der Waals surface area contributed by atoms with E-state index in [1.165, 1.54) is 0 Å². The highest BCUT2D eigenvalue weighted by molar-refractivity contribution is 5.92. The van der Waals surface area contributed by atoms with E-state index >= 15 is 0 Å². The Morgan fingerprint density at radius 2 is 1.97 bits per heavy atom. The van der Waals surface area contributed by atoms with Gasteiger partial charge in [0, 0.05) is 30.9 Å². The van der Waals surface area contributed by atoms with E-state index in [0.29, 0.717) is 5.82 Å². The van der Waals surface area contributed by atoms with E-state index in [1.807, 2.05) is 36.5 Å². The van der Waals surface area contributed by atoms with Gasteiger partial charge in [-0.3, -0.25) is 10.1 Å². The van der Waals surface area contributed by atoms with Crippen LogP contribution in [0, 0.1) is 0 Å². The maximum absolute atomic E-state index is 5.80. The predicted molar refractivity (Wildman–Crippen MR) is 118 cm³/mol. The van der Waals surface area contributed by atoms with Gasteiger partial charge in [0.1, 0.15) is 11.9 Å². The number of hydrogen-bond acceptors (Lipinski definition) is 6. The molecule has 0 bridgehead atoms. The minimum absolute atomic E-state index is 0.0250. The molecule has 30 heavy (non-hydrogen) atoms. The lowest BCUT2D eigenvalue weighted by Gasteiger charge is -2.23. The van der Waals surface area contributed by atoms with Crippen molar-refractivity contribution < 1.29 is 4.74 Å². The van der Waals surface area contributed by atoms with Crippen molar-refractivity contribution in [2.45, 2.75) is 6.10 Å². The number of anilines is 1. The molecule has 7 nitrogen and oxygen atoms in total. The number of nitrogens with zero attached hydrogens (tertiary/aromatic N) is 3. The van der Waals surface area contributed by atoms with Crippen LogP contribution in [0.25, 0.3) is 34.2 Å². The standard InChI is InChI=1S/C23H22N6O/c24-23-12-17(7-8-26-23)16-3-4-18-19(28-29-21(18)11-16)5-1-15-2-6-20(27-13-15)22-14-25-9-10-30-22/h1-8,11-13,22,25H,9-10,14H2,(H2,24,26)(H,28,29)/b5-1+. The number of nitrogens with one attached hydrogen (secondary N) is 2. The topological polar surface area (TPSA) is 102 Å². The van der Waals surface area contributed by atoms with Crippen LogP contribution in [0.15, 0.2) is 54.9 Å². The molecule has 1 aromatic carbocycles. The van der Waals surface area contributed by atoms with E-state index in [1.54, 1.807) is 6.20 Å². The van der Waals surface area contributed by atoms with Crippen LogP contribution in [-0.2, 0) is 4.74 Å². The second kappa shape index (κ2) is 8.06. The minimum atomic E-state index is 0.0250. The van der Waals surface area contributed by atoms with Crippen molar-refractivity contribution in [3.63, 3.8) is 0 Å². The number of nitrogens with two attached hydrogens (primary N) is 1. The fourth-order valence-electron chi connectivity index (χ4n) is 3.61. The van der Waals surface area contributed by atoms with Crippen molar-refractivity contribution in [3.8, 4) is 11.1 Å². The highest BCUT2D eigenvalue weighted by Crippen LogP contribution is 2.26. The lowest BCUT2D eigenvalue weighted by Crippen LogP contribution is -2.33. The average Bonchev–Trinajstić information content (AvgIpc) is 3.21. The number of ether oxygens (including phenoxy) is 1. The fraction of sp³-hybridized carbons (Fsp3) is 0.174. The third-order valence-electron chi connectivity index (χ3n) is 5.21. The summed E-state index contributed by atoms with van der Waals surface area (Å²) in [6, 6.07) is 14.1. The summed E-state index contributed by atoms with van der Waals surface area (Å²) in [5.41, 5.74) is 11.7. The van der Waals surface area contributed by atoms with Gasteiger partial charge in [0.2, 0.25) is 0 Å². The maximum atomic E-state index is 5.80. The number of fused-ring (bicyclic) bond motifs is 1. The van der Waals surface area contributed by atoms with Gasteiger partial charge in [-0.2, -0.15) is 5.10 Å². The largest absolute Gasteiger partial charge is 0.384 e. The lowest BCUT2D eigenvalue weighted by atomic mass is 10.0. The summed E-state index contributed by atoms with van der Waals surface area (Å²) in [7, 11) is 0. The van der Waals surface area contributed by atoms with Crippen molar-refractivity contribution in [1.29, 1.82) is 0 Å². The molecule has 150 valence electrons. The Hall–Kier alpha value is -3.55. The summed E-state index contributed by atoms with van der Waals surface area (Å²) < 4.78 is 5.75. The molecule has 4 N–H and O–H groups in total. The van der Waals surface area contributed by atoms with Crippen LogP contribution in [0.4, 0.5) is 5.82 Å². The first-order valence-corrected chi connectivity index (χ1v) is 9.93. The molecule has 3 aromatic heterocycles. The SMILES string of the molecule is Nc1cc(-c2ccc3c(/C=C/c4ccc(C5CNCCO5)nc4)n[nH]c3c2)ccn1. The Morgan fingerprint density at radius 3 is 2.77 bits per heavy atom. The summed E-state index contributed by atoms with van der Waals surface area (Å²) in [6.07, 6.45) is 7.62. The van der Waals surface area contributed by atoms with E-state index in [0.717, 1.165) is 58.7 Å². The average molecular weight is 398 g/mol. The van der Waals surface area contributed by atoms with E-state index < -0.39 is 0 Å². The second-order valence-corrected chi connectivity index (χ2v) is 7.25. The molecular weight excluding hydrogens is 376 g/mol. The Balaban J connectivity index is 1.35. The molecule has 0 radical (unpaired) electrons.